The molecule has 7 heteroatoms. The Morgan fingerprint density at radius 1 is 1.38 bits per heavy atom. The standard InChI is InChI=1S/C14H24N4OS.ClH/c15-13(19)10-18(9-12-8-17-14(16)20-12)7-6-11-4-2-1-3-5-11;/h8,11H,1-7,9-10H2,(H2,15,19)(H2,16,17);1H. The molecule has 1 aromatic rings. The van der Waals surface area contributed by atoms with E-state index in [4.69, 9.17) is 11.5 Å². The topological polar surface area (TPSA) is 85.2 Å². The van der Waals surface area contributed by atoms with Crippen molar-refractivity contribution >= 4 is 34.8 Å². The number of thiazole rings is 1. The average Bonchev–Trinajstić information content (AvgIpc) is 2.82. The number of carbonyl (C=O) groups excluding carboxylic acids is 1. The second-order valence-corrected chi connectivity index (χ2v) is 6.78. The van der Waals surface area contributed by atoms with Crippen molar-refractivity contribution in [1.29, 1.82) is 0 Å². The van der Waals surface area contributed by atoms with E-state index in [1.165, 1.54) is 43.4 Å². The van der Waals surface area contributed by atoms with Gasteiger partial charge in [-0.15, -0.1) is 23.7 Å². The van der Waals surface area contributed by atoms with E-state index in [2.05, 4.69) is 9.88 Å². The number of carbonyl (C=O) groups is 1. The fourth-order valence-electron chi connectivity index (χ4n) is 2.89. The summed E-state index contributed by atoms with van der Waals surface area (Å²) in [5, 5.41) is 0.575. The predicted octanol–water partition coefficient (Wildman–Crippen LogP) is 2.40. The van der Waals surface area contributed by atoms with Crippen LogP contribution in [0.2, 0.25) is 0 Å². The fourth-order valence-corrected chi connectivity index (χ4v) is 3.62. The van der Waals surface area contributed by atoms with E-state index < -0.39 is 0 Å². The Labute approximate surface area is 136 Å². The molecule has 21 heavy (non-hydrogen) atoms. The minimum absolute atomic E-state index is 0. The first-order valence-electron chi connectivity index (χ1n) is 7.34. The zero-order valence-corrected chi connectivity index (χ0v) is 13.9. The molecule has 1 saturated carbocycles. The van der Waals surface area contributed by atoms with Gasteiger partial charge in [0.25, 0.3) is 0 Å². The third-order valence-electron chi connectivity index (χ3n) is 3.91. The maximum absolute atomic E-state index is 11.2. The summed E-state index contributed by atoms with van der Waals surface area (Å²) >= 11 is 1.48. The van der Waals surface area contributed by atoms with Gasteiger partial charge in [0.1, 0.15) is 0 Å². The highest BCUT2D eigenvalue weighted by Crippen LogP contribution is 2.26. The third-order valence-corrected chi connectivity index (χ3v) is 4.72. The summed E-state index contributed by atoms with van der Waals surface area (Å²) < 4.78 is 0. The second-order valence-electron chi connectivity index (χ2n) is 5.63. The number of halogens is 1. The molecule has 1 aliphatic carbocycles. The lowest BCUT2D eigenvalue weighted by molar-refractivity contribution is -0.119. The molecule has 0 unspecified atom stereocenters. The summed E-state index contributed by atoms with van der Waals surface area (Å²) in [4.78, 5) is 18.5. The number of hydrogen-bond acceptors (Lipinski definition) is 5. The molecule has 120 valence electrons. The number of rotatable bonds is 7. The number of hydrogen-bond donors (Lipinski definition) is 2. The van der Waals surface area contributed by atoms with Gasteiger partial charge in [-0.3, -0.25) is 9.69 Å². The lowest BCUT2D eigenvalue weighted by Gasteiger charge is -2.25. The van der Waals surface area contributed by atoms with Crippen LogP contribution in [0.25, 0.3) is 0 Å². The zero-order valence-electron chi connectivity index (χ0n) is 12.3. The highest BCUT2D eigenvalue weighted by atomic mass is 35.5. The molecule has 0 saturated heterocycles. The Morgan fingerprint density at radius 2 is 2.10 bits per heavy atom. The second kappa shape index (κ2) is 9.23. The molecular weight excluding hydrogens is 308 g/mol. The average molecular weight is 333 g/mol. The van der Waals surface area contributed by atoms with Crippen molar-refractivity contribution in [2.45, 2.75) is 45.1 Å². The van der Waals surface area contributed by atoms with Crippen LogP contribution in [0.1, 0.15) is 43.4 Å². The van der Waals surface area contributed by atoms with Gasteiger partial charge in [-0.1, -0.05) is 32.1 Å². The number of nitrogens with zero attached hydrogens (tertiary/aromatic N) is 2. The van der Waals surface area contributed by atoms with Crippen molar-refractivity contribution in [3.05, 3.63) is 11.1 Å². The Morgan fingerprint density at radius 3 is 2.67 bits per heavy atom. The highest BCUT2D eigenvalue weighted by molar-refractivity contribution is 7.15. The van der Waals surface area contributed by atoms with Crippen molar-refractivity contribution in [3.63, 3.8) is 0 Å². The Balaban J connectivity index is 0.00000220. The first-order chi connectivity index (χ1) is 9.63. The normalized spacial score (nSPS) is 15.9. The van der Waals surface area contributed by atoms with E-state index in [1.807, 2.05) is 0 Å². The molecule has 2 rings (SSSR count). The van der Waals surface area contributed by atoms with E-state index in [1.54, 1.807) is 6.20 Å². The fraction of sp³-hybridized carbons (Fsp3) is 0.714. The molecular formula is C14H25ClN4OS. The predicted molar refractivity (Wildman–Crippen MR) is 89.4 cm³/mol. The lowest BCUT2D eigenvalue weighted by Crippen LogP contribution is -2.34. The van der Waals surface area contributed by atoms with Crippen molar-refractivity contribution in [2.75, 3.05) is 18.8 Å². The molecule has 1 aromatic heterocycles. The molecule has 5 nitrogen and oxygen atoms in total. The van der Waals surface area contributed by atoms with Gasteiger partial charge >= 0.3 is 0 Å². The van der Waals surface area contributed by atoms with Crippen LogP contribution in [0.3, 0.4) is 0 Å². The molecule has 1 fully saturated rings. The summed E-state index contributed by atoms with van der Waals surface area (Å²) in [6.45, 7) is 1.94. The summed E-state index contributed by atoms with van der Waals surface area (Å²) in [6.07, 6.45) is 9.69. The minimum atomic E-state index is -0.272. The largest absolute Gasteiger partial charge is 0.375 e. The van der Waals surface area contributed by atoms with Crippen LogP contribution >= 0.6 is 23.7 Å². The SMILES string of the molecule is Cl.NC(=O)CN(CCC1CCCCC1)Cc1cnc(N)s1. The zero-order chi connectivity index (χ0) is 14.4. The monoisotopic (exact) mass is 332 g/mol. The number of aromatic nitrogens is 1. The Hall–Kier alpha value is -0.850. The van der Waals surface area contributed by atoms with Gasteiger partial charge in [0.2, 0.25) is 5.91 Å². The van der Waals surface area contributed by atoms with Gasteiger partial charge in [0.15, 0.2) is 5.13 Å². The van der Waals surface area contributed by atoms with E-state index in [-0.39, 0.29) is 18.3 Å². The summed E-state index contributed by atoms with van der Waals surface area (Å²) in [5.74, 6) is 0.539. The summed E-state index contributed by atoms with van der Waals surface area (Å²) in [5.41, 5.74) is 11.0. The Kier molecular flexibility index (Phi) is 8.00. The van der Waals surface area contributed by atoms with Crippen molar-refractivity contribution in [2.24, 2.45) is 11.7 Å². The number of amides is 1. The van der Waals surface area contributed by atoms with Crippen molar-refractivity contribution < 1.29 is 4.79 Å². The van der Waals surface area contributed by atoms with Crippen LogP contribution < -0.4 is 11.5 Å². The van der Waals surface area contributed by atoms with E-state index in [0.29, 0.717) is 18.2 Å². The van der Waals surface area contributed by atoms with Gasteiger partial charge in [-0.05, 0) is 18.9 Å². The van der Waals surface area contributed by atoms with Crippen LogP contribution in [-0.4, -0.2) is 28.9 Å². The van der Waals surface area contributed by atoms with Crippen LogP contribution in [0.15, 0.2) is 6.20 Å². The quantitative estimate of drug-likeness (QED) is 0.802. The molecule has 0 bridgehead atoms. The number of nitrogen functional groups attached to an aromatic ring is 1. The Bertz CT molecular complexity index is 434. The maximum Gasteiger partial charge on any atom is 0.231 e. The number of nitrogens with two attached hydrogens (primary N) is 2. The highest BCUT2D eigenvalue weighted by Gasteiger charge is 2.16. The molecule has 0 radical (unpaired) electrons. The molecule has 0 spiro atoms. The van der Waals surface area contributed by atoms with Gasteiger partial charge < -0.3 is 11.5 Å². The molecule has 1 aliphatic rings. The van der Waals surface area contributed by atoms with E-state index in [9.17, 15) is 4.79 Å². The van der Waals surface area contributed by atoms with E-state index >= 15 is 0 Å². The molecule has 1 heterocycles. The lowest BCUT2D eigenvalue weighted by atomic mass is 9.87. The first kappa shape index (κ1) is 18.2. The maximum atomic E-state index is 11.2. The van der Waals surface area contributed by atoms with Crippen molar-refractivity contribution in [1.82, 2.24) is 9.88 Å². The van der Waals surface area contributed by atoms with Gasteiger partial charge in [0.05, 0.1) is 6.54 Å². The molecule has 0 aromatic carbocycles. The molecule has 1 amide bonds. The van der Waals surface area contributed by atoms with Gasteiger partial charge in [0, 0.05) is 17.6 Å². The molecule has 0 aliphatic heterocycles. The van der Waals surface area contributed by atoms with Crippen LogP contribution in [0, 0.1) is 5.92 Å². The smallest absolute Gasteiger partial charge is 0.231 e. The molecule has 4 N–H and O–H groups in total. The first-order valence-corrected chi connectivity index (χ1v) is 8.16. The summed E-state index contributed by atoms with van der Waals surface area (Å²) in [7, 11) is 0. The van der Waals surface area contributed by atoms with Crippen LogP contribution in [0.4, 0.5) is 5.13 Å². The summed E-state index contributed by atoms with van der Waals surface area (Å²) in [6, 6.07) is 0. The number of primary amides is 1. The molecule has 0 atom stereocenters. The van der Waals surface area contributed by atoms with E-state index in [0.717, 1.165) is 23.8 Å². The van der Waals surface area contributed by atoms with Gasteiger partial charge in [-0.25, -0.2) is 4.98 Å². The van der Waals surface area contributed by atoms with Gasteiger partial charge in [-0.2, -0.15) is 0 Å². The van der Waals surface area contributed by atoms with Crippen LogP contribution in [-0.2, 0) is 11.3 Å². The minimum Gasteiger partial charge on any atom is -0.375 e. The third kappa shape index (κ3) is 6.63. The number of anilines is 1. The van der Waals surface area contributed by atoms with Crippen molar-refractivity contribution in [3.8, 4) is 0 Å². The van der Waals surface area contributed by atoms with Crippen LogP contribution in [0.5, 0.6) is 0 Å².